The van der Waals surface area contributed by atoms with Gasteiger partial charge in [0.1, 0.15) is 17.4 Å². The zero-order valence-corrected chi connectivity index (χ0v) is 9.25. The highest BCUT2D eigenvalue weighted by atomic mass is 35.5. The van der Waals surface area contributed by atoms with Crippen molar-refractivity contribution in [3.63, 3.8) is 0 Å². The van der Waals surface area contributed by atoms with Crippen LogP contribution in [0.25, 0.3) is 11.3 Å². The van der Waals surface area contributed by atoms with E-state index < -0.39 is 11.4 Å². The minimum atomic E-state index is -0.522. The van der Waals surface area contributed by atoms with Gasteiger partial charge >= 0.3 is 0 Å². The maximum Gasteiger partial charge on any atom is 0.266 e. The monoisotopic (exact) mass is 248 g/mol. The number of benzene rings is 1. The Morgan fingerprint density at radius 2 is 2.06 bits per heavy atom. The molecule has 0 radical (unpaired) electrons. The van der Waals surface area contributed by atoms with Crippen LogP contribution in [0.5, 0.6) is 0 Å². The van der Waals surface area contributed by atoms with Crippen molar-refractivity contribution < 1.29 is 4.39 Å². The van der Waals surface area contributed by atoms with E-state index in [0.29, 0.717) is 11.3 Å². The fourth-order valence-electron chi connectivity index (χ4n) is 1.39. The van der Waals surface area contributed by atoms with Crippen molar-refractivity contribution >= 4 is 11.6 Å². The highest BCUT2D eigenvalue weighted by Gasteiger charge is 2.05. The lowest BCUT2D eigenvalue weighted by Gasteiger charge is -2.02. The van der Waals surface area contributed by atoms with Crippen LogP contribution < -0.4 is 5.56 Å². The van der Waals surface area contributed by atoms with E-state index in [0.717, 1.165) is 0 Å². The van der Waals surface area contributed by atoms with E-state index >= 15 is 0 Å². The van der Waals surface area contributed by atoms with Gasteiger partial charge in [0.15, 0.2) is 0 Å². The maximum absolute atomic E-state index is 13.0. The second-order valence-corrected chi connectivity index (χ2v) is 3.76. The van der Waals surface area contributed by atoms with Crippen molar-refractivity contribution in [2.24, 2.45) is 0 Å². The van der Waals surface area contributed by atoms with E-state index in [1.54, 1.807) is 12.1 Å². The second-order valence-electron chi connectivity index (χ2n) is 3.36. The summed E-state index contributed by atoms with van der Waals surface area (Å²) in [5, 5.41) is 8.60. The zero-order valence-electron chi connectivity index (χ0n) is 8.50. The highest BCUT2D eigenvalue weighted by molar-refractivity contribution is 6.31. The number of nitrogens with zero attached hydrogens (tertiary/aromatic N) is 1. The summed E-state index contributed by atoms with van der Waals surface area (Å²) in [6, 6.07) is 8.87. The van der Waals surface area contributed by atoms with Crippen molar-refractivity contribution in [2.45, 2.75) is 0 Å². The predicted molar refractivity (Wildman–Crippen MR) is 62.2 cm³/mol. The number of aromatic amines is 1. The van der Waals surface area contributed by atoms with Gasteiger partial charge in [0.2, 0.25) is 0 Å². The van der Waals surface area contributed by atoms with E-state index in [9.17, 15) is 9.18 Å². The van der Waals surface area contributed by atoms with Gasteiger partial charge in [-0.15, -0.1) is 0 Å². The number of nitrogens with one attached hydrogen (secondary N) is 1. The van der Waals surface area contributed by atoms with Gasteiger partial charge < -0.3 is 4.98 Å². The molecular weight excluding hydrogens is 243 g/mol. The molecule has 0 bridgehead atoms. The molecule has 0 atom stereocenters. The summed E-state index contributed by atoms with van der Waals surface area (Å²) < 4.78 is 13.0. The first-order chi connectivity index (χ1) is 8.11. The van der Waals surface area contributed by atoms with Crippen molar-refractivity contribution in [1.29, 1.82) is 5.26 Å². The van der Waals surface area contributed by atoms with Crippen LogP contribution >= 0.6 is 11.6 Å². The summed E-state index contributed by atoms with van der Waals surface area (Å²) in [4.78, 5) is 13.9. The molecule has 0 saturated carbocycles. The molecule has 0 amide bonds. The summed E-state index contributed by atoms with van der Waals surface area (Å²) in [7, 11) is 0. The van der Waals surface area contributed by atoms with E-state index in [4.69, 9.17) is 16.9 Å². The lowest BCUT2D eigenvalue weighted by atomic mass is 10.1. The first-order valence-electron chi connectivity index (χ1n) is 4.70. The van der Waals surface area contributed by atoms with Crippen LogP contribution in [0.2, 0.25) is 5.02 Å². The average molecular weight is 249 g/mol. The summed E-state index contributed by atoms with van der Waals surface area (Å²) >= 11 is 5.64. The lowest BCUT2D eigenvalue weighted by Crippen LogP contribution is -2.10. The molecule has 3 nitrogen and oxygen atoms in total. The van der Waals surface area contributed by atoms with E-state index in [1.807, 2.05) is 0 Å². The Kier molecular flexibility index (Phi) is 2.94. The van der Waals surface area contributed by atoms with E-state index in [-0.39, 0.29) is 10.6 Å². The number of hydrogen-bond acceptors (Lipinski definition) is 2. The molecule has 2 rings (SSSR count). The third-order valence-corrected chi connectivity index (χ3v) is 2.55. The lowest BCUT2D eigenvalue weighted by molar-refractivity contribution is 0.628. The Morgan fingerprint density at radius 1 is 1.29 bits per heavy atom. The average Bonchev–Trinajstić information content (AvgIpc) is 2.32. The molecule has 17 heavy (non-hydrogen) atoms. The molecule has 0 spiro atoms. The van der Waals surface area contributed by atoms with Gasteiger partial charge in [-0.25, -0.2) is 4.39 Å². The van der Waals surface area contributed by atoms with Gasteiger partial charge in [0.05, 0.1) is 5.02 Å². The second kappa shape index (κ2) is 4.40. The number of hydrogen-bond donors (Lipinski definition) is 1. The number of halogens is 2. The molecule has 1 heterocycles. The summed E-state index contributed by atoms with van der Waals surface area (Å²) in [5.41, 5.74) is 0.612. The highest BCUT2D eigenvalue weighted by Crippen LogP contribution is 2.22. The number of rotatable bonds is 1. The third kappa shape index (κ3) is 2.19. The normalized spacial score (nSPS) is 9.94. The van der Waals surface area contributed by atoms with Crippen LogP contribution in [0, 0.1) is 17.1 Å². The molecule has 2 aromatic rings. The number of pyridine rings is 1. The van der Waals surface area contributed by atoms with Gasteiger partial charge in [0, 0.05) is 5.69 Å². The maximum atomic E-state index is 13.0. The van der Waals surface area contributed by atoms with Crippen LogP contribution in [0.3, 0.4) is 0 Å². The fourth-order valence-corrected chi connectivity index (χ4v) is 1.57. The molecule has 0 aliphatic rings. The summed E-state index contributed by atoms with van der Waals surface area (Å²) in [5.74, 6) is -0.522. The molecule has 1 aromatic carbocycles. The molecule has 84 valence electrons. The van der Waals surface area contributed by atoms with Gasteiger partial charge in [-0.3, -0.25) is 4.79 Å². The van der Waals surface area contributed by atoms with Gasteiger partial charge in [-0.2, -0.15) is 5.26 Å². The van der Waals surface area contributed by atoms with Gasteiger partial charge in [-0.1, -0.05) is 11.6 Å². The molecule has 0 aliphatic heterocycles. The summed E-state index contributed by atoms with van der Waals surface area (Å²) in [6.45, 7) is 0. The zero-order chi connectivity index (χ0) is 12.4. The van der Waals surface area contributed by atoms with Crippen LogP contribution in [0.4, 0.5) is 4.39 Å². The standard InChI is InChI=1S/C12H6ClFN2O/c13-9-5-7(1-3-10(9)14)11-4-2-8(6-15)12(17)16-11/h1-5H,(H,16,17). The van der Waals surface area contributed by atoms with Crippen LogP contribution in [-0.4, -0.2) is 4.98 Å². The van der Waals surface area contributed by atoms with Crippen molar-refractivity contribution in [3.05, 3.63) is 57.1 Å². The number of H-pyrrole nitrogens is 1. The molecule has 1 N–H and O–H groups in total. The third-order valence-electron chi connectivity index (χ3n) is 2.26. The van der Waals surface area contributed by atoms with Crippen LogP contribution in [0.15, 0.2) is 35.1 Å². The molecule has 0 saturated heterocycles. The van der Waals surface area contributed by atoms with Crippen molar-refractivity contribution in [1.82, 2.24) is 4.98 Å². The molecular formula is C12H6ClFN2O. The molecule has 0 aliphatic carbocycles. The topological polar surface area (TPSA) is 56.6 Å². The first kappa shape index (κ1) is 11.4. The van der Waals surface area contributed by atoms with Gasteiger partial charge in [0.25, 0.3) is 5.56 Å². The smallest absolute Gasteiger partial charge is 0.266 e. The quantitative estimate of drug-likeness (QED) is 0.844. The van der Waals surface area contributed by atoms with E-state index in [2.05, 4.69) is 4.98 Å². The predicted octanol–water partition coefficient (Wildman–Crippen LogP) is 2.71. The minimum Gasteiger partial charge on any atom is -0.321 e. The van der Waals surface area contributed by atoms with Gasteiger partial charge in [-0.05, 0) is 35.9 Å². The molecule has 0 unspecified atom stereocenters. The Hall–Kier alpha value is -2.12. The number of nitriles is 1. The Labute approximate surface area is 101 Å². The van der Waals surface area contributed by atoms with Crippen LogP contribution in [0.1, 0.15) is 5.56 Å². The van der Waals surface area contributed by atoms with E-state index in [1.165, 1.54) is 24.3 Å². The largest absolute Gasteiger partial charge is 0.321 e. The summed E-state index contributed by atoms with van der Waals surface area (Å²) in [6.07, 6.45) is 0. The molecule has 5 heteroatoms. The molecule has 0 fully saturated rings. The van der Waals surface area contributed by atoms with Crippen LogP contribution in [-0.2, 0) is 0 Å². The van der Waals surface area contributed by atoms with Crippen molar-refractivity contribution in [3.8, 4) is 17.3 Å². The fraction of sp³-hybridized carbons (Fsp3) is 0. The Morgan fingerprint density at radius 3 is 2.65 bits per heavy atom. The SMILES string of the molecule is N#Cc1ccc(-c2ccc(F)c(Cl)c2)[nH]c1=O. The first-order valence-corrected chi connectivity index (χ1v) is 5.08. The minimum absolute atomic E-state index is 0.0206. The Bertz CT molecular complexity index is 673. The molecule has 1 aromatic heterocycles. The van der Waals surface area contributed by atoms with Crippen molar-refractivity contribution in [2.75, 3.05) is 0 Å². The number of aromatic nitrogens is 1. The Balaban J connectivity index is 2.54.